The lowest BCUT2D eigenvalue weighted by molar-refractivity contribution is -0.437. The SMILES string of the molecule is CC1(C)C(C=CC=CC=C2N(CCCS(=O)(=O)O)c3ccc(S(=O)(=O)O)cc3C2(C)CCCCCC(=O)NCCCCCCOP(=O)(O)OP(=O)(O)OP(=O)(O)OP(=O)(O)OP(=O)(O)OP(=O)(O)OC[C@H]2O[C@@H](n3ccc(N)nc3=O)C[C@@H]2O)=[N+](CCCS(=O)(=O)O)c2ccc(S(=O)(=O)O)cc21. The summed E-state index contributed by atoms with van der Waals surface area (Å²) >= 11 is 0. The molecule has 0 saturated carbocycles. The summed E-state index contributed by atoms with van der Waals surface area (Å²) in [6, 6.07) is 9.10. The van der Waals surface area contributed by atoms with E-state index in [4.69, 9.17) is 10.5 Å². The number of phosphoric ester groups is 2. The number of hydrogen-bond acceptors (Lipinski definition) is 28. The van der Waals surface area contributed by atoms with Crippen LogP contribution in [-0.2, 0) is 119 Å². The van der Waals surface area contributed by atoms with E-state index in [2.05, 4.69) is 40.9 Å². The number of aliphatic hydroxyl groups is 1. The molecule has 10 atom stereocenters. The molecule has 3 aliphatic rings. The molecule has 574 valence electrons. The number of unbranched alkanes of at least 4 members (excludes halogenated alkanes) is 5. The maximum absolute atomic E-state index is 12.9. The summed E-state index contributed by atoms with van der Waals surface area (Å²) in [5.41, 5.74) is 5.57. The van der Waals surface area contributed by atoms with Gasteiger partial charge >= 0.3 is 52.6 Å². The van der Waals surface area contributed by atoms with Crippen LogP contribution in [0.2, 0.25) is 0 Å². The third kappa shape index (κ3) is 26.0. The molecule has 0 radical (unpaired) electrons. The Balaban J connectivity index is 0.967. The molecule has 3 aromatic rings. The Bertz CT molecular complexity index is 4590. The molecule has 41 nitrogen and oxygen atoms in total. The van der Waals surface area contributed by atoms with Gasteiger partial charge in [0, 0.05) is 73.1 Å². The van der Waals surface area contributed by atoms with Crippen molar-refractivity contribution in [2.45, 2.75) is 137 Å². The molecule has 7 unspecified atom stereocenters. The number of aromatic nitrogens is 2. The van der Waals surface area contributed by atoms with Gasteiger partial charge in [-0.3, -0.25) is 36.6 Å². The van der Waals surface area contributed by atoms with E-state index in [0.29, 0.717) is 72.4 Å². The first-order chi connectivity index (χ1) is 46.7. The lowest BCUT2D eigenvalue weighted by atomic mass is 9.77. The number of carbonyl (C=O) groups excluding carboxylic acids is 1. The van der Waals surface area contributed by atoms with Crippen molar-refractivity contribution < 1.29 is 158 Å². The van der Waals surface area contributed by atoms with Gasteiger partial charge in [0.15, 0.2) is 5.71 Å². The molecular formula is C51H77N6O35P6S4+. The first-order valence-corrected chi connectivity index (χ1v) is 45.2. The molecule has 3 aliphatic heterocycles. The third-order valence-electron chi connectivity index (χ3n) is 15.5. The van der Waals surface area contributed by atoms with Crippen LogP contribution in [0.25, 0.3) is 0 Å². The Kier molecular flexibility index (Phi) is 29.1. The molecule has 51 heteroatoms. The predicted octanol–water partition coefficient (Wildman–Crippen LogP) is 5.72. The van der Waals surface area contributed by atoms with Crippen molar-refractivity contribution in [2.24, 2.45) is 0 Å². The quantitative estimate of drug-likeness (QED) is 0.0106. The number of amides is 1. The molecule has 6 rings (SSSR count). The number of allylic oxidation sites excluding steroid dienone is 6. The average Bonchev–Trinajstić information content (AvgIpc) is 1.59. The number of benzene rings is 2. The van der Waals surface area contributed by atoms with Crippen LogP contribution in [0.5, 0.6) is 0 Å². The molecule has 1 saturated heterocycles. The second-order valence-corrected chi connectivity index (χ2v) is 39.1. The number of anilines is 2. The number of carbonyl (C=O) groups is 1. The minimum Gasteiger partial charge on any atom is -0.390 e. The van der Waals surface area contributed by atoms with Gasteiger partial charge in [0.05, 0.1) is 46.0 Å². The molecule has 2 aromatic carbocycles. The van der Waals surface area contributed by atoms with Gasteiger partial charge in [0.2, 0.25) is 11.6 Å². The van der Waals surface area contributed by atoms with Crippen LogP contribution in [0.15, 0.2) is 99.3 Å². The summed E-state index contributed by atoms with van der Waals surface area (Å²) in [5, 5.41) is 13.0. The number of nitrogen functional groups attached to an aromatic ring is 1. The van der Waals surface area contributed by atoms with Gasteiger partial charge in [-0.1, -0.05) is 43.9 Å². The fraction of sp³-hybridized carbons (Fsp3) is 0.529. The number of fused-ring (bicyclic) bond motifs is 2. The minimum atomic E-state index is -6.57. The lowest BCUT2D eigenvalue weighted by Gasteiger charge is -2.30. The van der Waals surface area contributed by atoms with Crippen molar-refractivity contribution in [2.75, 3.05) is 55.0 Å². The number of nitrogens with two attached hydrogens (primary N) is 1. The highest BCUT2D eigenvalue weighted by Crippen LogP contribution is 2.75. The summed E-state index contributed by atoms with van der Waals surface area (Å²) in [7, 11) is -55.6. The second-order valence-electron chi connectivity index (χ2n) is 23.7. The maximum atomic E-state index is 12.9. The Morgan fingerprint density at radius 3 is 1.80 bits per heavy atom. The van der Waals surface area contributed by atoms with Crippen LogP contribution in [0.1, 0.15) is 115 Å². The van der Waals surface area contributed by atoms with Crippen molar-refractivity contribution in [1.29, 1.82) is 0 Å². The summed E-state index contributed by atoms with van der Waals surface area (Å²) < 4.78 is 245. The van der Waals surface area contributed by atoms with Gasteiger partial charge < -0.3 is 55.2 Å². The fourth-order valence-electron chi connectivity index (χ4n) is 11.0. The molecular weight excluding hydrogens is 1570 g/mol. The van der Waals surface area contributed by atoms with Crippen molar-refractivity contribution in [1.82, 2.24) is 14.9 Å². The number of ether oxygens (including phenoxy) is 1. The van der Waals surface area contributed by atoms with Crippen molar-refractivity contribution in [3.63, 3.8) is 0 Å². The van der Waals surface area contributed by atoms with E-state index in [1.165, 1.54) is 42.5 Å². The number of nitrogens with zero attached hydrogens (tertiary/aromatic N) is 4. The highest BCUT2D eigenvalue weighted by atomic mass is 32.2. The largest absolute Gasteiger partial charge is 0.490 e. The molecule has 0 bridgehead atoms. The van der Waals surface area contributed by atoms with Gasteiger partial charge in [-0.2, -0.15) is 64.8 Å². The van der Waals surface area contributed by atoms with Crippen molar-refractivity contribution >= 4 is 116 Å². The zero-order chi connectivity index (χ0) is 76.5. The van der Waals surface area contributed by atoms with Gasteiger partial charge in [0.25, 0.3) is 40.5 Å². The number of phosphoric acid groups is 6. The Hall–Kier alpha value is -4.30. The van der Waals surface area contributed by atoms with Gasteiger partial charge in [-0.25, -0.2) is 32.2 Å². The van der Waals surface area contributed by atoms with Gasteiger partial charge in [0.1, 0.15) is 24.7 Å². The van der Waals surface area contributed by atoms with Crippen LogP contribution in [-0.4, -0.2) is 169 Å². The topological polar surface area (TPSA) is 632 Å². The molecule has 14 N–H and O–H groups in total. The Morgan fingerprint density at radius 2 is 1.23 bits per heavy atom. The van der Waals surface area contributed by atoms with Crippen LogP contribution in [0.3, 0.4) is 0 Å². The van der Waals surface area contributed by atoms with E-state index in [0.717, 1.165) is 10.8 Å². The summed E-state index contributed by atoms with van der Waals surface area (Å²) in [5.74, 6) is -1.71. The van der Waals surface area contributed by atoms with Gasteiger partial charge in [-0.05, 0) is 101 Å². The highest BCUT2D eigenvalue weighted by Gasteiger charge is 2.51. The summed E-state index contributed by atoms with van der Waals surface area (Å²) in [6.45, 7) is 3.81. The van der Waals surface area contributed by atoms with Crippen molar-refractivity contribution in [3.05, 3.63) is 106 Å². The minimum absolute atomic E-state index is 0.00272. The van der Waals surface area contributed by atoms with Crippen LogP contribution >= 0.6 is 46.9 Å². The van der Waals surface area contributed by atoms with Crippen LogP contribution < -0.4 is 21.6 Å². The van der Waals surface area contributed by atoms with Crippen LogP contribution in [0.4, 0.5) is 17.2 Å². The van der Waals surface area contributed by atoms with Gasteiger partial charge in [-0.15, -0.1) is 0 Å². The zero-order valence-corrected chi connectivity index (χ0v) is 62.7. The number of nitrogens with one attached hydrogen (secondary N) is 1. The van der Waals surface area contributed by atoms with Crippen molar-refractivity contribution in [3.8, 4) is 0 Å². The maximum Gasteiger partial charge on any atom is 0.490 e. The second kappa shape index (κ2) is 34.3. The monoisotopic (exact) mass is 1650 g/mol. The average molecular weight is 1650 g/mol. The number of rotatable bonds is 41. The van der Waals surface area contributed by atoms with Crippen LogP contribution in [0, 0.1) is 0 Å². The first-order valence-electron chi connectivity index (χ1n) is 30.1. The first kappa shape index (κ1) is 86.6. The normalized spacial score (nSPS) is 22.8. The van der Waals surface area contributed by atoms with E-state index in [1.807, 2.05) is 6.92 Å². The molecule has 0 spiro atoms. The summed E-state index contributed by atoms with van der Waals surface area (Å²) in [4.78, 5) is 88.7. The highest BCUT2D eigenvalue weighted by molar-refractivity contribution is 7.86. The van der Waals surface area contributed by atoms with E-state index in [9.17, 15) is 123 Å². The predicted molar refractivity (Wildman–Crippen MR) is 357 cm³/mol. The van der Waals surface area contributed by atoms with E-state index in [-0.39, 0.29) is 74.8 Å². The number of hydrogen-bond donors (Lipinski definition) is 13. The fourth-order valence-corrected chi connectivity index (χ4v) is 20.9. The van der Waals surface area contributed by atoms with E-state index < -0.39 is 152 Å². The Labute approximate surface area is 584 Å². The molecule has 1 amide bonds. The van der Waals surface area contributed by atoms with E-state index in [1.54, 1.807) is 53.7 Å². The zero-order valence-electron chi connectivity index (χ0n) is 54.1. The molecule has 1 aromatic heterocycles. The molecule has 1 fully saturated rings. The van der Waals surface area contributed by atoms with E-state index >= 15 is 0 Å². The number of aliphatic hydroxyl groups excluding tert-OH is 1. The molecule has 0 aliphatic carbocycles. The summed E-state index contributed by atoms with van der Waals surface area (Å²) in [6.07, 6.45) is 7.29. The molecule has 102 heavy (non-hydrogen) atoms. The Morgan fingerprint density at radius 1 is 0.686 bits per heavy atom. The molecule has 4 heterocycles. The standard InChI is InChI=1S/C51H76N6O35P6S4/c1-50(2)38-32-36(101(79,80)81)19-21-40(38)55(26-14-30-99(73,74)75)44(50)16-8-6-9-17-45-51(3,39-33-37(102(82,83)84)20-22-41(39)56(45)27-15-31-100(76,77)78)24-11-7-10-18-47(59)53-25-12-4-5-13-29-85-93(61,62)88-95(65,66)90-97(69,70)92-98(71,72)91-96(67,68)89-94(63,64)86-35-43-42(58)34-48(87-43)57-28-23-46(52)54-49(57)60/h6,8-9,16-17,19-23,28,32-33,42-43,48,58H,4-5,7,10-15,18,24-27,29-31,34-35H2,1-3H3,(H12-,52,53,54,59,60,61,62,63,64,65,66,67,68,69,70,71,72,73,74,75,76,77,78,79,80,81,82,83,84)/p+1/t42-,43+,48+,51?/m0/s1. The smallest absolute Gasteiger partial charge is 0.390 e. The third-order valence-corrected chi connectivity index (χ3v) is 28.0. The lowest BCUT2D eigenvalue weighted by Crippen LogP contribution is -2.30.